The second-order valence-electron chi connectivity index (χ2n) is 6.07. The summed E-state index contributed by atoms with van der Waals surface area (Å²) in [6.45, 7) is 0. The first kappa shape index (κ1) is 17.8. The molecule has 2 heterocycles. The van der Waals surface area contributed by atoms with Gasteiger partial charge in [0.15, 0.2) is 0 Å². The van der Waals surface area contributed by atoms with Gasteiger partial charge in [0.1, 0.15) is 5.75 Å². The quantitative estimate of drug-likeness (QED) is 0.601. The third-order valence-corrected chi connectivity index (χ3v) is 5.79. The summed E-state index contributed by atoms with van der Waals surface area (Å²) in [6, 6.07) is 19.3. The van der Waals surface area contributed by atoms with Crippen LogP contribution < -0.4 is 10.2 Å². The van der Waals surface area contributed by atoms with E-state index in [1.54, 1.807) is 12.1 Å². The Morgan fingerprint density at radius 3 is 2.48 bits per heavy atom. The average Bonchev–Trinajstić information content (AvgIpc) is 3.38. The number of hydrogen-bond acceptors (Lipinski definition) is 4. The highest BCUT2D eigenvalue weighted by molar-refractivity contribution is 9.10. The lowest BCUT2D eigenvalue weighted by Gasteiger charge is -2.25. The zero-order chi connectivity index (χ0) is 18.8. The Morgan fingerprint density at radius 2 is 1.85 bits per heavy atom. The maximum atomic E-state index is 13.1. The van der Waals surface area contributed by atoms with Crippen molar-refractivity contribution < 1.29 is 9.53 Å². The molecule has 136 valence electrons. The average molecular weight is 441 g/mol. The fraction of sp³-hybridized carbons (Fsp3) is 0.0952. The predicted octanol–water partition coefficient (Wildman–Crippen LogP) is 5.26. The van der Waals surface area contributed by atoms with Crippen molar-refractivity contribution >= 4 is 38.9 Å². The first-order chi connectivity index (χ1) is 13.2. The van der Waals surface area contributed by atoms with Gasteiger partial charge in [0.2, 0.25) is 0 Å². The summed E-state index contributed by atoms with van der Waals surface area (Å²) in [5.41, 5.74) is 6.25. The monoisotopic (exact) mass is 440 g/mol. The van der Waals surface area contributed by atoms with Crippen molar-refractivity contribution in [3.8, 4) is 5.75 Å². The van der Waals surface area contributed by atoms with Crippen LogP contribution in [0, 0.1) is 0 Å². The van der Waals surface area contributed by atoms with E-state index >= 15 is 0 Å². The van der Waals surface area contributed by atoms with Crippen molar-refractivity contribution in [2.24, 2.45) is 0 Å². The molecule has 0 bridgehead atoms. The molecule has 27 heavy (non-hydrogen) atoms. The van der Waals surface area contributed by atoms with Gasteiger partial charge in [-0.3, -0.25) is 10.2 Å². The number of nitrogens with one attached hydrogen (secondary N) is 1. The highest BCUT2D eigenvalue weighted by Gasteiger charge is 2.31. The van der Waals surface area contributed by atoms with E-state index in [-0.39, 0.29) is 11.9 Å². The second-order valence-corrected chi connectivity index (χ2v) is 7.93. The van der Waals surface area contributed by atoms with Gasteiger partial charge >= 0.3 is 0 Å². The van der Waals surface area contributed by atoms with Gasteiger partial charge in [-0.25, -0.2) is 5.01 Å². The first-order valence-corrected chi connectivity index (χ1v) is 10.1. The zero-order valence-corrected chi connectivity index (χ0v) is 17.0. The van der Waals surface area contributed by atoms with E-state index < -0.39 is 0 Å². The molecule has 0 saturated carbocycles. The summed E-state index contributed by atoms with van der Waals surface area (Å²) in [5.74, 6) is 0.743. The summed E-state index contributed by atoms with van der Waals surface area (Å²) >= 11 is 4.90. The fourth-order valence-electron chi connectivity index (χ4n) is 3.00. The molecular weight excluding hydrogens is 424 g/mol. The van der Waals surface area contributed by atoms with E-state index in [0.717, 1.165) is 27.0 Å². The normalized spacial score (nSPS) is 16.0. The van der Waals surface area contributed by atoms with E-state index in [9.17, 15) is 4.79 Å². The van der Waals surface area contributed by atoms with Crippen LogP contribution in [-0.2, 0) is 0 Å². The number of halogens is 1. The van der Waals surface area contributed by atoms with E-state index in [0.29, 0.717) is 4.88 Å². The van der Waals surface area contributed by atoms with Crippen molar-refractivity contribution in [3.63, 3.8) is 0 Å². The molecule has 4 rings (SSSR count). The van der Waals surface area contributed by atoms with Gasteiger partial charge in [-0.05, 0) is 52.9 Å². The Balaban J connectivity index is 1.71. The number of carbonyl (C=O) groups excluding carboxylic acids is 1. The zero-order valence-electron chi connectivity index (χ0n) is 14.6. The van der Waals surface area contributed by atoms with Crippen molar-refractivity contribution in [1.29, 1.82) is 0 Å². The van der Waals surface area contributed by atoms with Crippen LogP contribution in [0.25, 0.3) is 5.70 Å². The molecule has 0 radical (unpaired) electrons. The van der Waals surface area contributed by atoms with Crippen LogP contribution >= 0.6 is 27.3 Å². The molecule has 0 fully saturated rings. The van der Waals surface area contributed by atoms with Gasteiger partial charge in [0.05, 0.1) is 23.7 Å². The van der Waals surface area contributed by atoms with Gasteiger partial charge in [-0.2, -0.15) is 0 Å². The highest BCUT2D eigenvalue weighted by atomic mass is 79.9. The Hall–Kier alpha value is -2.57. The van der Waals surface area contributed by atoms with E-state index in [4.69, 9.17) is 4.74 Å². The lowest BCUT2D eigenvalue weighted by atomic mass is 10.0. The van der Waals surface area contributed by atoms with Gasteiger partial charge in [0, 0.05) is 4.47 Å². The van der Waals surface area contributed by atoms with Crippen LogP contribution in [0.1, 0.15) is 26.8 Å². The molecule has 0 spiro atoms. The number of rotatable bonds is 4. The molecule has 3 aromatic rings. The van der Waals surface area contributed by atoms with E-state index in [2.05, 4.69) is 27.4 Å². The minimum absolute atomic E-state index is 0.0471. The molecule has 1 atom stereocenters. The highest BCUT2D eigenvalue weighted by Crippen LogP contribution is 2.34. The van der Waals surface area contributed by atoms with Crippen LogP contribution in [0.15, 0.2) is 76.6 Å². The minimum Gasteiger partial charge on any atom is -0.497 e. The lowest BCUT2D eigenvalue weighted by molar-refractivity contribution is 0.0677. The first-order valence-electron chi connectivity index (χ1n) is 8.41. The lowest BCUT2D eigenvalue weighted by Crippen LogP contribution is -2.39. The molecule has 0 aliphatic carbocycles. The number of thiophene rings is 1. The SMILES string of the molecule is COc1ccc([C@H]2C=C(c3ccc(Br)cc3)NN2C(=O)c2cccs2)cc1. The summed E-state index contributed by atoms with van der Waals surface area (Å²) in [4.78, 5) is 13.8. The third-order valence-electron chi connectivity index (χ3n) is 4.41. The van der Waals surface area contributed by atoms with Crippen molar-refractivity contribution in [3.05, 3.63) is 92.6 Å². The van der Waals surface area contributed by atoms with Crippen LogP contribution in [0.5, 0.6) is 5.75 Å². The summed E-state index contributed by atoms with van der Waals surface area (Å²) in [7, 11) is 1.64. The topological polar surface area (TPSA) is 41.6 Å². The Bertz CT molecular complexity index is 966. The maximum absolute atomic E-state index is 13.1. The molecule has 2 aromatic carbocycles. The summed E-state index contributed by atoms with van der Waals surface area (Å²) in [6.07, 6.45) is 2.08. The maximum Gasteiger partial charge on any atom is 0.283 e. The molecule has 1 amide bonds. The van der Waals surface area contributed by atoms with Crippen LogP contribution in [0.4, 0.5) is 0 Å². The molecule has 0 unspecified atom stereocenters. The Morgan fingerprint density at radius 1 is 1.11 bits per heavy atom. The fourth-order valence-corrected chi connectivity index (χ4v) is 3.93. The molecule has 4 nitrogen and oxygen atoms in total. The Labute approximate surface area is 170 Å². The molecule has 1 N–H and O–H groups in total. The number of hydrogen-bond donors (Lipinski definition) is 1. The van der Waals surface area contributed by atoms with Crippen LogP contribution in [0.2, 0.25) is 0 Å². The number of carbonyl (C=O) groups is 1. The second kappa shape index (κ2) is 7.58. The smallest absolute Gasteiger partial charge is 0.283 e. The van der Waals surface area contributed by atoms with Gasteiger partial charge in [-0.15, -0.1) is 11.3 Å². The van der Waals surface area contributed by atoms with Crippen molar-refractivity contribution in [1.82, 2.24) is 10.4 Å². The number of amides is 1. The number of methoxy groups -OCH3 is 1. The van der Waals surface area contributed by atoms with E-state index in [1.807, 2.05) is 66.0 Å². The predicted molar refractivity (Wildman–Crippen MR) is 111 cm³/mol. The summed E-state index contributed by atoms with van der Waals surface area (Å²) < 4.78 is 6.27. The number of hydrazine groups is 1. The molecule has 1 aliphatic heterocycles. The van der Waals surface area contributed by atoms with Crippen molar-refractivity contribution in [2.75, 3.05) is 7.11 Å². The number of ether oxygens (including phenoxy) is 1. The summed E-state index contributed by atoms with van der Waals surface area (Å²) in [5, 5.41) is 3.60. The van der Waals surface area contributed by atoms with Gasteiger partial charge in [0.25, 0.3) is 5.91 Å². The van der Waals surface area contributed by atoms with Gasteiger partial charge in [-0.1, -0.05) is 46.3 Å². The molecular formula is C21H17BrN2O2S. The number of benzene rings is 2. The molecule has 0 saturated heterocycles. The minimum atomic E-state index is -0.204. The molecule has 6 heteroatoms. The van der Waals surface area contributed by atoms with Crippen molar-refractivity contribution in [2.45, 2.75) is 6.04 Å². The standard InChI is InChI=1S/C21H17BrN2O2S/c1-26-17-10-6-15(7-11-17)19-13-18(14-4-8-16(22)9-5-14)23-24(19)21(25)20-3-2-12-27-20/h2-13,19,23H,1H3/t19-/m1/s1. The Kier molecular flexibility index (Phi) is 5.01. The van der Waals surface area contributed by atoms with Gasteiger partial charge < -0.3 is 4.74 Å². The molecule has 1 aliphatic rings. The molecule has 1 aromatic heterocycles. The van der Waals surface area contributed by atoms with Crippen LogP contribution in [0.3, 0.4) is 0 Å². The van der Waals surface area contributed by atoms with Crippen LogP contribution in [-0.4, -0.2) is 18.0 Å². The van der Waals surface area contributed by atoms with E-state index in [1.165, 1.54) is 11.3 Å². The largest absolute Gasteiger partial charge is 0.497 e. The third kappa shape index (κ3) is 3.63. The number of nitrogens with zero attached hydrogens (tertiary/aromatic N) is 1.